The van der Waals surface area contributed by atoms with Crippen LogP contribution in [-0.2, 0) is 6.54 Å². The minimum absolute atomic E-state index is 0.0630. The van der Waals surface area contributed by atoms with Gasteiger partial charge in [0, 0.05) is 10.9 Å². The first kappa shape index (κ1) is 15.8. The highest BCUT2D eigenvalue weighted by Crippen LogP contribution is 2.15. The predicted molar refractivity (Wildman–Crippen MR) is 95.5 cm³/mol. The smallest absolute Gasteiger partial charge is 0.268 e. The number of H-pyrrole nitrogens is 1. The first-order chi connectivity index (χ1) is 12.7. The number of hydrogen-bond donors (Lipinski definition) is 2. The molecular formula is C19H14N4O3. The molecule has 2 heterocycles. The summed E-state index contributed by atoms with van der Waals surface area (Å²) in [4.78, 5) is 31.2. The summed E-state index contributed by atoms with van der Waals surface area (Å²) in [5.41, 5.74) is 0.696. The molecule has 0 bridgehead atoms. The van der Waals surface area contributed by atoms with E-state index in [9.17, 15) is 9.59 Å². The summed E-state index contributed by atoms with van der Waals surface area (Å²) in [6, 6.07) is 18.1. The van der Waals surface area contributed by atoms with Gasteiger partial charge in [-0.05, 0) is 17.5 Å². The van der Waals surface area contributed by atoms with E-state index in [1.165, 1.54) is 0 Å². The Hall–Kier alpha value is -3.74. The molecule has 0 unspecified atom stereocenters. The van der Waals surface area contributed by atoms with Crippen LogP contribution in [0.15, 0.2) is 70.0 Å². The van der Waals surface area contributed by atoms with Crippen molar-refractivity contribution in [3.8, 4) is 11.4 Å². The fourth-order valence-corrected chi connectivity index (χ4v) is 2.62. The largest absolute Gasteiger partial charge is 0.342 e. The van der Waals surface area contributed by atoms with E-state index in [1.54, 1.807) is 24.3 Å². The van der Waals surface area contributed by atoms with Crippen molar-refractivity contribution < 1.29 is 9.32 Å². The van der Waals surface area contributed by atoms with Crippen LogP contribution in [0.3, 0.4) is 0 Å². The van der Waals surface area contributed by atoms with E-state index in [4.69, 9.17) is 4.52 Å². The molecule has 4 aromatic rings. The van der Waals surface area contributed by atoms with Crippen LogP contribution in [-0.4, -0.2) is 21.0 Å². The lowest BCUT2D eigenvalue weighted by atomic mass is 10.1. The van der Waals surface area contributed by atoms with Crippen LogP contribution in [0.4, 0.5) is 0 Å². The molecule has 0 aliphatic carbocycles. The minimum Gasteiger partial charge on any atom is -0.342 e. The van der Waals surface area contributed by atoms with Gasteiger partial charge in [-0.2, -0.15) is 4.98 Å². The number of carbonyl (C=O) groups excluding carboxylic acids is 1. The lowest BCUT2D eigenvalue weighted by molar-refractivity contribution is 0.0941. The highest BCUT2D eigenvalue weighted by Gasteiger charge is 2.12. The zero-order chi connectivity index (χ0) is 17.9. The summed E-state index contributed by atoms with van der Waals surface area (Å²) < 4.78 is 5.15. The van der Waals surface area contributed by atoms with Crippen LogP contribution in [0, 0.1) is 0 Å². The molecule has 7 nitrogen and oxygen atoms in total. The summed E-state index contributed by atoms with van der Waals surface area (Å²) in [5, 5.41) is 7.80. The molecule has 0 aliphatic rings. The normalized spacial score (nSPS) is 10.8. The highest BCUT2D eigenvalue weighted by atomic mass is 16.5. The number of aromatic nitrogens is 3. The average Bonchev–Trinajstić information content (AvgIpc) is 3.16. The molecule has 0 aliphatic heterocycles. The molecular weight excluding hydrogens is 332 g/mol. The standard InChI is InChI=1S/C19H14N4O3/c24-18-14-9-5-4-8-13(14)10-15(21-18)19(25)20-11-16-22-17(23-26-16)12-6-2-1-3-7-12/h1-10H,11H2,(H,20,25)(H,21,24). The van der Waals surface area contributed by atoms with E-state index in [2.05, 4.69) is 20.4 Å². The Kier molecular flexibility index (Phi) is 4.03. The van der Waals surface area contributed by atoms with Gasteiger partial charge in [-0.3, -0.25) is 9.59 Å². The van der Waals surface area contributed by atoms with Crippen molar-refractivity contribution in [3.63, 3.8) is 0 Å². The molecule has 1 amide bonds. The maximum Gasteiger partial charge on any atom is 0.268 e. The minimum atomic E-state index is -0.424. The Morgan fingerprint density at radius 3 is 2.69 bits per heavy atom. The maximum absolute atomic E-state index is 12.3. The number of benzene rings is 2. The summed E-state index contributed by atoms with van der Waals surface area (Å²) in [5.74, 6) is 0.307. The van der Waals surface area contributed by atoms with Gasteiger partial charge in [0.2, 0.25) is 11.7 Å². The lowest BCUT2D eigenvalue weighted by Crippen LogP contribution is -2.26. The average molecular weight is 346 g/mol. The number of hydrogen-bond acceptors (Lipinski definition) is 5. The number of aromatic amines is 1. The van der Waals surface area contributed by atoms with E-state index >= 15 is 0 Å². The van der Waals surface area contributed by atoms with Crippen LogP contribution >= 0.6 is 0 Å². The molecule has 26 heavy (non-hydrogen) atoms. The first-order valence-corrected chi connectivity index (χ1v) is 7.99. The SMILES string of the molecule is O=C(NCc1nc(-c2ccccc2)no1)c1cc2ccccc2c(=O)[nH]1. The zero-order valence-electron chi connectivity index (χ0n) is 13.6. The van der Waals surface area contributed by atoms with Crippen molar-refractivity contribution in [2.45, 2.75) is 6.54 Å². The number of rotatable bonds is 4. The molecule has 0 spiro atoms. The second-order valence-electron chi connectivity index (χ2n) is 5.66. The zero-order valence-corrected chi connectivity index (χ0v) is 13.6. The van der Waals surface area contributed by atoms with Crippen LogP contribution in [0.2, 0.25) is 0 Å². The van der Waals surface area contributed by atoms with E-state index < -0.39 is 5.91 Å². The molecule has 2 aromatic carbocycles. The topological polar surface area (TPSA) is 101 Å². The lowest BCUT2D eigenvalue weighted by Gasteiger charge is -2.04. The molecule has 0 atom stereocenters. The molecule has 4 rings (SSSR count). The fraction of sp³-hybridized carbons (Fsp3) is 0.0526. The van der Waals surface area contributed by atoms with E-state index in [0.717, 1.165) is 5.56 Å². The van der Waals surface area contributed by atoms with Crippen LogP contribution in [0.1, 0.15) is 16.4 Å². The highest BCUT2D eigenvalue weighted by molar-refractivity contribution is 5.96. The van der Waals surface area contributed by atoms with Crippen LogP contribution in [0.5, 0.6) is 0 Å². The van der Waals surface area contributed by atoms with E-state index in [-0.39, 0.29) is 23.7 Å². The quantitative estimate of drug-likeness (QED) is 0.591. The van der Waals surface area contributed by atoms with Crippen molar-refractivity contribution in [2.24, 2.45) is 0 Å². The Morgan fingerprint density at radius 2 is 1.85 bits per heavy atom. The van der Waals surface area contributed by atoms with Gasteiger partial charge in [0.1, 0.15) is 5.69 Å². The number of nitrogens with one attached hydrogen (secondary N) is 2. The third-order valence-corrected chi connectivity index (χ3v) is 3.90. The van der Waals surface area contributed by atoms with Gasteiger partial charge in [0.05, 0.1) is 6.54 Å². The Bertz CT molecular complexity index is 1130. The Balaban J connectivity index is 1.49. The second-order valence-corrected chi connectivity index (χ2v) is 5.66. The van der Waals surface area contributed by atoms with Gasteiger partial charge in [0.25, 0.3) is 11.5 Å². The summed E-state index contributed by atoms with van der Waals surface area (Å²) in [6.45, 7) is 0.0630. The third kappa shape index (κ3) is 3.10. The summed E-state index contributed by atoms with van der Waals surface area (Å²) >= 11 is 0. The van der Waals surface area contributed by atoms with Gasteiger partial charge >= 0.3 is 0 Å². The number of amides is 1. The molecule has 0 saturated heterocycles. The van der Waals surface area contributed by atoms with Crippen molar-refractivity contribution in [1.29, 1.82) is 0 Å². The Labute approximate surface area is 147 Å². The van der Waals surface area contributed by atoms with Crippen molar-refractivity contribution in [1.82, 2.24) is 20.4 Å². The molecule has 2 aromatic heterocycles. The second kappa shape index (κ2) is 6.64. The monoisotopic (exact) mass is 346 g/mol. The molecule has 128 valence electrons. The number of fused-ring (bicyclic) bond motifs is 1. The van der Waals surface area contributed by atoms with Crippen LogP contribution < -0.4 is 10.9 Å². The molecule has 0 radical (unpaired) electrons. The third-order valence-electron chi connectivity index (χ3n) is 3.90. The Morgan fingerprint density at radius 1 is 1.08 bits per heavy atom. The van der Waals surface area contributed by atoms with Crippen molar-refractivity contribution in [2.75, 3.05) is 0 Å². The van der Waals surface area contributed by atoms with Gasteiger partial charge in [-0.15, -0.1) is 0 Å². The molecule has 0 saturated carbocycles. The van der Waals surface area contributed by atoms with Crippen LogP contribution in [0.25, 0.3) is 22.2 Å². The fourth-order valence-electron chi connectivity index (χ4n) is 2.62. The number of pyridine rings is 1. The van der Waals surface area contributed by atoms with Gasteiger partial charge in [-0.1, -0.05) is 53.7 Å². The summed E-state index contributed by atoms with van der Waals surface area (Å²) in [7, 11) is 0. The number of nitrogens with zero attached hydrogens (tertiary/aromatic N) is 2. The van der Waals surface area contributed by atoms with Crippen molar-refractivity contribution in [3.05, 3.63) is 82.6 Å². The van der Waals surface area contributed by atoms with Crippen molar-refractivity contribution >= 4 is 16.7 Å². The predicted octanol–water partition coefficient (Wildman–Crippen LogP) is 2.51. The molecule has 0 fully saturated rings. The van der Waals surface area contributed by atoms with Gasteiger partial charge in [-0.25, -0.2) is 0 Å². The molecule has 7 heteroatoms. The number of carbonyl (C=O) groups is 1. The maximum atomic E-state index is 12.3. The molecule has 2 N–H and O–H groups in total. The van der Waals surface area contributed by atoms with E-state index in [0.29, 0.717) is 16.6 Å². The van der Waals surface area contributed by atoms with Gasteiger partial charge < -0.3 is 14.8 Å². The van der Waals surface area contributed by atoms with Gasteiger partial charge in [0.15, 0.2) is 0 Å². The van der Waals surface area contributed by atoms with E-state index in [1.807, 2.05) is 36.4 Å². The first-order valence-electron chi connectivity index (χ1n) is 7.99. The summed E-state index contributed by atoms with van der Waals surface area (Å²) in [6.07, 6.45) is 0.